The molecule has 0 saturated heterocycles. The number of fused-ring (bicyclic) bond motifs is 1. The van der Waals surface area contributed by atoms with E-state index in [1.54, 1.807) is 42.0 Å². The smallest absolute Gasteiger partial charge is 0.330 e. The normalized spacial score (nSPS) is 10.7. The Morgan fingerprint density at radius 2 is 2.17 bits per heavy atom. The van der Waals surface area contributed by atoms with Crippen LogP contribution in [0.25, 0.3) is 22.4 Å². The number of allylic oxidation sites excluding steroid dienone is 1. The van der Waals surface area contributed by atoms with Gasteiger partial charge in [0, 0.05) is 19.2 Å². The van der Waals surface area contributed by atoms with Gasteiger partial charge in [0.15, 0.2) is 5.65 Å². The van der Waals surface area contributed by atoms with Gasteiger partial charge in [-0.25, -0.2) is 9.78 Å². The van der Waals surface area contributed by atoms with Crippen molar-refractivity contribution in [3.05, 3.63) is 64.6 Å². The Balaban J connectivity index is 2.27. The maximum absolute atomic E-state index is 12.3. The third kappa shape index (κ3) is 2.41. The van der Waals surface area contributed by atoms with Gasteiger partial charge in [-0.2, -0.15) is 5.26 Å². The number of nitriles is 1. The van der Waals surface area contributed by atoms with Gasteiger partial charge in [0.1, 0.15) is 0 Å². The highest BCUT2D eigenvalue weighted by Crippen LogP contribution is 2.25. The molecule has 2 aromatic heterocycles. The van der Waals surface area contributed by atoms with Crippen molar-refractivity contribution in [1.82, 2.24) is 14.1 Å². The minimum Gasteiger partial charge on any atom is -0.392 e. The minimum absolute atomic E-state index is 0.116. The predicted octanol–water partition coefficient (Wildman–Crippen LogP) is 1.95. The summed E-state index contributed by atoms with van der Waals surface area (Å²) in [6, 6.07) is 10.8. The van der Waals surface area contributed by atoms with E-state index in [1.165, 1.54) is 4.57 Å². The lowest BCUT2D eigenvalue weighted by Gasteiger charge is -2.07. The van der Waals surface area contributed by atoms with Crippen molar-refractivity contribution in [2.24, 2.45) is 7.05 Å². The molecule has 2 heterocycles. The van der Waals surface area contributed by atoms with Gasteiger partial charge in [0.25, 0.3) is 0 Å². The molecular formula is C18H16N4O2. The second-order valence-corrected chi connectivity index (χ2v) is 5.43. The Bertz CT molecular complexity index is 1040. The number of rotatable bonds is 4. The van der Waals surface area contributed by atoms with Crippen LogP contribution in [0.3, 0.4) is 0 Å². The Morgan fingerprint density at radius 3 is 2.83 bits per heavy atom. The molecule has 0 aliphatic carbocycles. The number of imidazole rings is 1. The van der Waals surface area contributed by atoms with E-state index in [4.69, 9.17) is 0 Å². The molecule has 0 bridgehead atoms. The third-order valence-electron chi connectivity index (χ3n) is 3.96. The van der Waals surface area contributed by atoms with E-state index in [0.29, 0.717) is 40.1 Å². The van der Waals surface area contributed by atoms with Crippen molar-refractivity contribution in [3.8, 4) is 17.3 Å². The average molecular weight is 320 g/mol. The van der Waals surface area contributed by atoms with Crippen LogP contribution in [0.2, 0.25) is 0 Å². The van der Waals surface area contributed by atoms with Crippen LogP contribution in [-0.4, -0.2) is 19.2 Å². The molecule has 0 aliphatic heterocycles. The summed E-state index contributed by atoms with van der Waals surface area (Å²) in [5.74, 6) is 0. The van der Waals surface area contributed by atoms with E-state index in [0.717, 1.165) is 0 Å². The molecule has 0 saturated carbocycles. The van der Waals surface area contributed by atoms with E-state index in [1.807, 2.05) is 6.07 Å². The highest BCUT2D eigenvalue weighted by Gasteiger charge is 2.14. The molecule has 1 N–H and O–H groups in total. The summed E-state index contributed by atoms with van der Waals surface area (Å²) < 4.78 is 3.07. The Kier molecular flexibility index (Phi) is 4.02. The van der Waals surface area contributed by atoms with E-state index in [2.05, 4.69) is 17.6 Å². The van der Waals surface area contributed by atoms with Crippen LogP contribution >= 0.6 is 0 Å². The largest absolute Gasteiger partial charge is 0.392 e. The summed E-state index contributed by atoms with van der Waals surface area (Å²) in [6.45, 7) is 3.96. The standard InChI is InChI=1S/C18H16N4O2/c1-3-8-22-16-7-6-15(20-17(16)21(2)18(22)24)14-9-12(11-23)4-5-13(14)10-19/h3-7,9,23H,1,8,11H2,2H3. The SMILES string of the molecule is C=CCn1c(=O)n(C)c2nc(-c3cc(CO)ccc3C#N)ccc21. The molecule has 0 atom stereocenters. The Morgan fingerprint density at radius 1 is 1.38 bits per heavy atom. The maximum atomic E-state index is 12.3. The number of pyridine rings is 1. The lowest BCUT2D eigenvalue weighted by molar-refractivity contribution is 0.282. The van der Waals surface area contributed by atoms with Gasteiger partial charge in [-0.3, -0.25) is 9.13 Å². The van der Waals surface area contributed by atoms with Crippen molar-refractivity contribution in [2.75, 3.05) is 0 Å². The number of hydrogen-bond acceptors (Lipinski definition) is 4. The van der Waals surface area contributed by atoms with Gasteiger partial charge in [-0.1, -0.05) is 12.1 Å². The zero-order valence-corrected chi connectivity index (χ0v) is 13.2. The summed E-state index contributed by atoms with van der Waals surface area (Å²) in [4.78, 5) is 16.9. The lowest BCUT2D eigenvalue weighted by atomic mass is 10.0. The van der Waals surface area contributed by atoms with Crippen LogP contribution in [-0.2, 0) is 20.2 Å². The highest BCUT2D eigenvalue weighted by atomic mass is 16.3. The predicted molar refractivity (Wildman–Crippen MR) is 91.2 cm³/mol. The fourth-order valence-corrected chi connectivity index (χ4v) is 2.73. The summed E-state index contributed by atoms with van der Waals surface area (Å²) in [5, 5.41) is 18.6. The van der Waals surface area contributed by atoms with Crippen molar-refractivity contribution in [2.45, 2.75) is 13.2 Å². The first-order valence-corrected chi connectivity index (χ1v) is 7.42. The summed E-state index contributed by atoms with van der Waals surface area (Å²) in [6.07, 6.45) is 1.66. The van der Waals surface area contributed by atoms with E-state index in [9.17, 15) is 15.2 Å². The van der Waals surface area contributed by atoms with Gasteiger partial charge in [-0.05, 0) is 29.8 Å². The van der Waals surface area contributed by atoms with E-state index in [-0.39, 0.29) is 12.3 Å². The van der Waals surface area contributed by atoms with Gasteiger partial charge in [-0.15, -0.1) is 6.58 Å². The number of aromatic nitrogens is 3. The summed E-state index contributed by atoms with van der Waals surface area (Å²) in [5.41, 5.74) is 3.47. The number of aliphatic hydroxyl groups excluding tert-OH is 1. The topological polar surface area (TPSA) is 83.8 Å². The second kappa shape index (κ2) is 6.14. The number of hydrogen-bond donors (Lipinski definition) is 1. The fourth-order valence-electron chi connectivity index (χ4n) is 2.73. The van der Waals surface area contributed by atoms with Crippen LogP contribution in [0.1, 0.15) is 11.1 Å². The summed E-state index contributed by atoms with van der Waals surface area (Å²) >= 11 is 0. The zero-order chi connectivity index (χ0) is 17.3. The molecule has 0 amide bonds. The molecule has 0 aliphatic rings. The first-order chi connectivity index (χ1) is 11.6. The summed E-state index contributed by atoms with van der Waals surface area (Å²) in [7, 11) is 1.66. The molecule has 1 aromatic carbocycles. The third-order valence-corrected chi connectivity index (χ3v) is 3.96. The number of benzene rings is 1. The van der Waals surface area contributed by atoms with Crippen LogP contribution in [0, 0.1) is 11.3 Å². The van der Waals surface area contributed by atoms with Crippen molar-refractivity contribution in [1.29, 1.82) is 5.26 Å². The Hall–Kier alpha value is -3.17. The fraction of sp³-hybridized carbons (Fsp3) is 0.167. The second-order valence-electron chi connectivity index (χ2n) is 5.43. The van der Waals surface area contributed by atoms with Gasteiger partial charge in [0.2, 0.25) is 0 Å². The van der Waals surface area contributed by atoms with Gasteiger partial charge >= 0.3 is 5.69 Å². The van der Waals surface area contributed by atoms with Crippen LogP contribution < -0.4 is 5.69 Å². The zero-order valence-electron chi connectivity index (χ0n) is 13.2. The van der Waals surface area contributed by atoms with Crippen molar-refractivity contribution >= 4 is 11.2 Å². The van der Waals surface area contributed by atoms with E-state index >= 15 is 0 Å². The molecular weight excluding hydrogens is 304 g/mol. The molecule has 0 spiro atoms. The van der Waals surface area contributed by atoms with Crippen LogP contribution in [0.5, 0.6) is 0 Å². The lowest BCUT2D eigenvalue weighted by Crippen LogP contribution is -2.21. The highest BCUT2D eigenvalue weighted by molar-refractivity contribution is 5.78. The first-order valence-electron chi connectivity index (χ1n) is 7.42. The monoisotopic (exact) mass is 320 g/mol. The van der Waals surface area contributed by atoms with Crippen LogP contribution in [0.15, 0.2) is 47.8 Å². The molecule has 0 unspecified atom stereocenters. The molecule has 0 fully saturated rings. The quantitative estimate of drug-likeness (QED) is 0.745. The molecule has 24 heavy (non-hydrogen) atoms. The van der Waals surface area contributed by atoms with Crippen LogP contribution in [0.4, 0.5) is 0 Å². The molecule has 6 heteroatoms. The van der Waals surface area contributed by atoms with Crippen molar-refractivity contribution in [3.63, 3.8) is 0 Å². The molecule has 0 radical (unpaired) electrons. The molecule has 3 rings (SSSR count). The van der Waals surface area contributed by atoms with Crippen molar-refractivity contribution < 1.29 is 5.11 Å². The minimum atomic E-state index is -0.167. The van der Waals surface area contributed by atoms with Gasteiger partial charge < -0.3 is 5.11 Å². The number of nitrogens with zero attached hydrogens (tertiary/aromatic N) is 4. The molecule has 6 nitrogen and oxygen atoms in total. The van der Waals surface area contributed by atoms with E-state index < -0.39 is 0 Å². The Labute approximate surface area is 138 Å². The number of aryl methyl sites for hydroxylation is 1. The molecule has 3 aromatic rings. The average Bonchev–Trinajstić information content (AvgIpc) is 2.86. The maximum Gasteiger partial charge on any atom is 0.330 e. The number of aliphatic hydroxyl groups is 1. The first kappa shape index (κ1) is 15.7. The molecule has 120 valence electrons. The van der Waals surface area contributed by atoms with Gasteiger partial charge in [0.05, 0.1) is 29.5 Å².